The van der Waals surface area contributed by atoms with Gasteiger partial charge in [-0.3, -0.25) is 0 Å². The third-order valence-corrected chi connectivity index (χ3v) is 3.67. The van der Waals surface area contributed by atoms with E-state index < -0.39 is 12.1 Å². The van der Waals surface area contributed by atoms with Gasteiger partial charge in [0.15, 0.2) is 6.10 Å². The van der Waals surface area contributed by atoms with E-state index in [9.17, 15) is 9.90 Å². The number of methoxy groups -OCH3 is 1. The van der Waals surface area contributed by atoms with E-state index in [4.69, 9.17) is 9.47 Å². The molecule has 122 valence electrons. The lowest BCUT2D eigenvalue weighted by Crippen LogP contribution is -2.29. The first kappa shape index (κ1) is 16.9. The zero-order valence-electron chi connectivity index (χ0n) is 13.7. The molecule has 0 spiro atoms. The maximum absolute atomic E-state index is 11.6. The van der Waals surface area contributed by atoms with Gasteiger partial charge in [-0.1, -0.05) is 44.2 Å². The number of carboxylic acid groups (broad SMARTS) is 1. The second kappa shape index (κ2) is 7.68. The lowest BCUT2D eigenvalue weighted by molar-refractivity contribution is -0.145. The van der Waals surface area contributed by atoms with Crippen LogP contribution in [0.1, 0.15) is 30.9 Å². The number of aliphatic carboxylic acids is 1. The van der Waals surface area contributed by atoms with Crippen LogP contribution in [0.15, 0.2) is 48.5 Å². The highest BCUT2D eigenvalue weighted by molar-refractivity contribution is 5.73. The molecule has 0 saturated heterocycles. The minimum Gasteiger partial charge on any atom is -0.497 e. The van der Waals surface area contributed by atoms with E-state index in [0.29, 0.717) is 12.2 Å². The van der Waals surface area contributed by atoms with E-state index >= 15 is 0 Å². The summed E-state index contributed by atoms with van der Waals surface area (Å²) in [4.78, 5) is 11.6. The number of ether oxygens (including phenoxy) is 2. The van der Waals surface area contributed by atoms with Crippen molar-refractivity contribution >= 4 is 5.97 Å². The van der Waals surface area contributed by atoms with Gasteiger partial charge in [-0.15, -0.1) is 0 Å². The highest BCUT2D eigenvalue weighted by Gasteiger charge is 2.21. The van der Waals surface area contributed by atoms with Crippen molar-refractivity contribution in [2.24, 2.45) is 0 Å². The first-order chi connectivity index (χ1) is 11.0. The fourth-order valence-corrected chi connectivity index (χ4v) is 2.37. The second-order valence-electron chi connectivity index (χ2n) is 5.69. The van der Waals surface area contributed by atoms with Gasteiger partial charge in [-0.25, -0.2) is 4.79 Å². The molecule has 23 heavy (non-hydrogen) atoms. The van der Waals surface area contributed by atoms with Crippen molar-refractivity contribution in [3.8, 4) is 11.5 Å². The fraction of sp³-hybridized carbons (Fsp3) is 0.316. The smallest absolute Gasteiger partial charge is 0.345 e. The molecular formula is C19H22O4. The zero-order valence-corrected chi connectivity index (χ0v) is 13.7. The van der Waals surface area contributed by atoms with Crippen LogP contribution in [0.5, 0.6) is 11.5 Å². The van der Waals surface area contributed by atoms with Gasteiger partial charge in [0.2, 0.25) is 0 Å². The van der Waals surface area contributed by atoms with Crippen molar-refractivity contribution in [2.75, 3.05) is 7.11 Å². The SMILES string of the molecule is COc1ccc(CC(Oc2ccccc2C(C)C)C(=O)O)cc1. The van der Waals surface area contributed by atoms with E-state index in [-0.39, 0.29) is 5.92 Å². The Morgan fingerprint density at radius 2 is 1.74 bits per heavy atom. The van der Waals surface area contributed by atoms with Crippen molar-refractivity contribution in [1.82, 2.24) is 0 Å². The summed E-state index contributed by atoms with van der Waals surface area (Å²) in [6.45, 7) is 4.11. The summed E-state index contributed by atoms with van der Waals surface area (Å²) in [6, 6.07) is 14.9. The highest BCUT2D eigenvalue weighted by Crippen LogP contribution is 2.27. The third-order valence-electron chi connectivity index (χ3n) is 3.67. The van der Waals surface area contributed by atoms with Crippen LogP contribution in [0.2, 0.25) is 0 Å². The molecule has 0 aliphatic carbocycles. The van der Waals surface area contributed by atoms with Crippen LogP contribution < -0.4 is 9.47 Å². The van der Waals surface area contributed by atoms with E-state index in [1.807, 2.05) is 48.5 Å². The summed E-state index contributed by atoms with van der Waals surface area (Å²) in [5.41, 5.74) is 1.90. The van der Waals surface area contributed by atoms with Crippen LogP contribution in [0.4, 0.5) is 0 Å². The van der Waals surface area contributed by atoms with Gasteiger partial charge in [-0.2, -0.15) is 0 Å². The molecule has 0 aliphatic heterocycles. The van der Waals surface area contributed by atoms with Crippen LogP contribution in [0.3, 0.4) is 0 Å². The van der Waals surface area contributed by atoms with Crippen molar-refractivity contribution in [2.45, 2.75) is 32.3 Å². The van der Waals surface area contributed by atoms with Crippen molar-refractivity contribution in [1.29, 1.82) is 0 Å². The lowest BCUT2D eigenvalue weighted by atomic mass is 10.0. The van der Waals surface area contributed by atoms with Crippen molar-refractivity contribution in [3.63, 3.8) is 0 Å². The topological polar surface area (TPSA) is 55.8 Å². The van der Waals surface area contributed by atoms with Crippen molar-refractivity contribution in [3.05, 3.63) is 59.7 Å². The molecule has 0 amide bonds. The summed E-state index contributed by atoms with van der Waals surface area (Å²) in [5, 5.41) is 9.48. The Kier molecular flexibility index (Phi) is 5.63. The largest absolute Gasteiger partial charge is 0.497 e. The number of rotatable bonds is 7. The Labute approximate surface area is 136 Å². The second-order valence-corrected chi connectivity index (χ2v) is 5.69. The first-order valence-corrected chi connectivity index (χ1v) is 7.62. The van der Waals surface area contributed by atoms with Gasteiger partial charge < -0.3 is 14.6 Å². The van der Waals surface area contributed by atoms with Crippen LogP contribution in [0.25, 0.3) is 0 Å². The predicted molar refractivity (Wildman–Crippen MR) is 89.3 cm³/mol. The molecule has 2 aromatic carbocycles. The van der Waals surface area contributed by atoms with Gasteiger partial charge in [-0.05, 0) is 35.2 Å². The number of carboxylic acids is 1. The third kappa shape index (κ3) is 4.49. The van der Waals surface area contributed by atoms with Gasteiger partial charge in [0.05, 0.1) is 7.11 Å². The van der Waals surface area contributed by atoms with Crippen LogP contribution >= 0.6 is 0 Å². The molecule has 0 saturated carbocycles. The summed E-state index contributed by atoms with van der Waals surface area (Å²) in [6.07, 6.45) is -0.630. The zero-order chi connectivity index (χ0) is 16.8. The maximum atomic E-state index is 11.6. The molecule has 4 heteroatoms. The van der Waals surface area contributed by atoms with E-state index in [1.165, 1.54) is 0 Å². The molecule has 2 rings (SSSR count). The number of hydrogen-bond acceptors (Lipinski definition) is 3. The molecule has 0 aromatic heterocycles. The molecule has 1 N–H and O–H groups in total. The number of para-hydroxylation sites is 1. The summed E-state index contributed by atoms with van der Waals surface area (Å²) >= 11 is 0. The van der Waals surface area contributed by atoms with Crippen LogP contribution in [-0.4, -0.2) is 24.3 Å². The minimum atomic E-state index is -0.973. The Hall–Kier alpha value is -2.49. The Balaban J connectivity index is 2.17. The maximum Gasteiger partial charge on any atom is 0.345 e. The highest BCUT2D eigenvalue weighted by atomic mass is 16.5. The molecule has 0 heterocycles. The average Bonchev–Trinajstić information content (AvgIpc) is 2.55. The van der Waals surface area contributed by atoms with Crippen LogP contribution in [0, 0.1) is 0 Å². The van der Waals surface area contributed by atoms with Gasteiger partial charge in [0.1, 0.15) is 11.5 Å². The monoisotopic (exact) mass is 314 g/mol. The van der Waals surface area contributed by atoms with Gasteiger partial charge in [0, 0.05) is 6.42 Å². The summed E-state index contributed by atoms with van der Waals surface area (Å²) in [7, 11) is 1.60. The van der Waals surface area contributed by atoms with Gasteiger partial charge >= 0.3 is 5.97 Å². The van der Waals surface area contributed by atoms with Crippen molar-refractivity contribution < 1.29 is 19.4 Å². The molecule has 4 nitrogen and oxygen atoms in total. The minimum absolute atomic E-state index is 0.265. The number of benzene rings is 2. The lowest BCUT2D eigenvalue weighted by Gasteiger charge is -2.19. The quantitative estimate of drug-likeness (QED) is 0.842. The first-order valence-electron chi connectivity index (χ1n) is 7.62. The number of carbonyl (C=O) groups is 1. The Bertz CT molecular complexity index is 647. The molecule has 0 fully saturated rings. The Morgan fingerprint density at radius 3 is 2.30 bits per heavy atom. The fourth-order valence-electron chi connectivity index (χ4n) is 2.37. The van der Waals surface area contributed by atoms with E-state index in [1.54, 1.807) is 7.11 Å². The molecule has 2 aromatic rings. The normalized spacial score (nSPS) is 12.0. The summed E-state index contributed by atoms with van der Waals surface area (Å²) < 4.78 is 10.9. The van der Waals surface area contributed by atoms with E-state index in [2.05, 4.69) is 13.8 Å². The molecule has 0 bridgehead atoms. The van der Waals surface area contributed by atoms with Crippen LogP contribution in [-0.2, 0) is 11.2 Å². The van der Waals surface area contributed by atoms with E-state index in [0.717, 1.165) is 16.9 Å². The van der Waals surface area contributed by atoms with Gasteiger partial charge in [0.25, 0.3) is 0 Å². The molecule has 0 radical (unpaired) electrons. The molecule has 1 atom stereocenters. The molecule has 0 aliphatic rings. The predicted octanol–water partition coefficient (Wildman–Crippen LogP) is 3.89. The summed E-state index contributed by atoms with van der Waals surface area (Å²) in [5.74, 6) is 0.663. The average molecular weight is 314 g/mol. The molecular weight excluding hydrogens is 292 g/mol. The molecule has 1 unspecified atom stereocenters. The number of hydrogen-bond donors (Lipinski definition) is 1. The standard InChI is InChI=1S/C19H22O4/c1-13(2)16-6-4-5-7-17(16)23-18(19(20)21)12-14-8-10-15(22-3)11-9-14/h4-11,13,18H,12H2,1-3H3,(H,20,21). The Morgan fingerprint density at radius 1 is 1.09 bits per heavy atom.